The van der Waals surface area contributed by atoms with Crippen molar-refractivity contribution in [2.75, 3.05) is 20.3 Å². The molecule has 2 N–H and O–H groups in total. The van der Waals surface area contributed by atoms with Crippen LogP contribution in [0.15, 0.2) is 67.3 Å². The Morgan fingerprint density at radius 2 is 1.71 bits per heavy atom. The van der Waals surface area contributed by atoms with E-state index in [0.717, 1.165) is 17.7 Å². The highest BCUT2D eigenvalue weighted by atomic mass is 19.1. The van der Waals surface area contributed by atoms with E-state index in [-0.39, 0.29) is 32.5 Å². The summed E-state index contributed by atoms with van der Waals surface area (Å²) >= 11 is 0. The fourth-order valence-electron chi connectivity index (χ4n) is 4.77. The Kier molecular flexibility index (Phi) is 9.53. The third-order valence-corrected chi connectivity index (χ3v) is 7.10. The van der Waals surface area contributed by atoms with Gasteiger partial charge in [-0.3, -0.25) is 4.79 Å². The van der Waals surface area contributed by atoms with Crippen LogP contribution < -0.4 is 10.6 Å². The van der Waals surface area contributed by atoms with Gasteiger partial charge in [-0.1, -0.05) is 36.4 Å². The Labute approximate surface area is 246 Å². The maximum absolute atomic E-state index is 15.2. The van der Waals surface area contributed by atoms with Crippen LogP contribution in [0.5, 0.6) is 0 Å². The molecule has 2 amide bonds. The van der Waals surface area contributed by atoms with Gasteiger partial charge in [0, 0.05) is 70.9 Å². The molecule has 0 saturated carbocycles. The summed E-state index contributed by atoms with van der Waals surface area (Å²) in [6.07, 6.45) is 7.64. The molecule has 1 saturated heterocycles. The predicted molar refractivity (Wildman–Crippen MR) is 157 cm³/mol. The molecule has 0 radical (unpaired) electrons. The summed E-state index contributed by atoms with van der Waals surface area (Å²) in [5, 5.41) is 15.2. The number of nitriles is 1. The van der Waals surface area contributed by atoms with Crippen LogP contribution in [0.4, 0.5) is 9.18 Å². The van der Waals surface area contributed by atoms with E-state index >= 15 is 4.39 Å². The van der Waals surface area contributed by atoms with E-state index in [1.54, 1.807) is 32.9 Å². The highest BCUT2D eigenvalue weighted by Gasteiger charge is 2.43. The van der Waals surface area contributed by atoms with E-state index in [1.807, 2.05) is 61.0 Å². The van der Waals surface area contributed by atoms with Gasteiger partial charge in [0.05, 0.1) is 6.07 Å². The van der Waals surface area contributed by atoms with Crippen molar-refractivity contribution >= 4 is 12.0 Å². The molecule has 4 rings (SSSR count). The van der Waals surface area contributed by atoms with Gasteiger partial charge in [0.15, 0.2) is 0 Å². The lowest BCUT2D eigenvalue weighted by Gasteiger charge is -2.37. The lowest BCUT2D eigenvalue weighted by Crippen LogP contribution is -2.63. The number of benzene rings is 2. The molecule has 10 heteroatoms. The van der Waals surface area contributed by atoms with E-state index in [9.17, 15) is 14.9 Å². The summed E-state index contributed by atoms with van der Waals surface area (Å²) in [5.41, 5.74) is 0.966. The second kappa shape index (κ2) is 13.1. The van der Waals surface area contributed by atoms with Crippen molar-refractivity contribution in [2.45, 2.75) is 63.8 Å². The highest BCUT2D eigenvalue weighted by molar-refractivity contribution is 5.90. The summed E-state index contributed by atoms with van der Waals surface area (Å²) in [6, 6.07) is 13.9. The first kappa shape index (κ1) is 30.6. The van der Waals surface area contributed by atoms with Crippen LogP contribution in [0.3, 0.4) is 0 Å². The molecule has 2 heterocycles. The number of hydrogen-bond donors (Lipinski definition) is 2. The van der Waals surface area contributed by atoms with Crippen molar-refractivity contribution in [1.82, 2.24) is 20.4 Å². The maximum atomic E-state index is 15.2. The number of alkyl carbamates (subject to hydrolysis) is 1. The molecule has 2 aliphatic rings. The Bertz CT molecular complexity index is 1360. The molecule has 0 unspecified atom stereocenters. The standard InChI is InChI=1S/C32H38FN5O4/c1-31(2,3)42-30(40)36-32(11-17-41-18-12-32)29(39)35-27(21-34)19-26-10-9-25(20-28(26)33)24-7-5-23(6-8-24)22-38-15-13-37(4)14-16-38/h5-10,13-16,20,27H,11-12,17-19,22H2,1-4H3,(H,35,39)(H,36,40)/t27-/m0/s1. The summed E-state index contributed by atoms with van der Waals surface area (Å²) in [7, 11) is 1.97. The lowest BCUT2D eigenvalue weighted by atomic mass is 9.88. The fraction of sp³-hybridized carbons (Fsp3) is 0.406. The number of nitrogens with one attached hydrogen (secondary N) is 2. The third kappa shape index (κ3) is 8.10. The van der Waals surface area contributed by atoms with E-state index in [2.05, 4.69) is 21.6 Å². The quantitative estimate of drug-likeness (QED) is 0.465. The number of amides is 2. The van der Waals surface area contributed by atoms with Crippen molar-refractivity contribution < 1.29 is 23.5 Å². The molecule has 0 aliphatic carbocycles. The van der Waals surface area contributed by atoms with Gasteiger partial charge >= 0.3 is 6.09 Å². The summed E-state index contributed by atoms with van der Waals surface area (Å²) in [6.45, 7) is 6.44. The minimum Gasteiger partial charge on any atom is -0.444 e. The van der Waals surface area contributed by atoms with Gasteiger partial charge in [0.1, 0.15) is 23.0 Å². The van der Waals surface area contributed by atoms with Crippen LogP contribution in [0.2, 0.25) is 0 Å². The topological polar surface area (TPSA) is 107 Å². The molecule has 2 aromatic carbocycles. The van der Waals surface area contributed by atoms with Crippen LogP contribution in [-0.2, 0) is 27.2 Å². The number of halogens is 1. The first-order valence-corrected chi connectivity index (χ1v) is 14.0. The van der Waals surface area contributed by atoms with E-state index in [0.29, 0.717) is 11.1 Å². The highest BCUT2D eigenvalue weighted by Crippen LogP contribution is 2.25. The van der Waals surface area contributed by atoms with Crippen molar-refractivity contribution in [1.29, 1.82) is 5.26 Å². The third-order valence-electron chi connectivity index (χ3n) is 7.10. The summed E-state index contributed by atoms with van der Waals surface area (Å²) in [4.78, 5) is 29.9. The Morgan fingerprint density at radius 3 is 2.31 bits per heavy atom. The molecule has 9 nitrogen and oxygen atoms in total. The Hall–Kier alpha value is -4.36. The molecule has 222 valence electrons. The van der Waals surface area contributed by atoms with Crippen molar-refractivity contribution in [3.63, 3.8) is 0 Å². The monoisotopic (exact) mass is 575 g/mol. The average Bonchev–Trinajstić information content (AvgIpc) is 2.94. The normalized spacial score (nSPS) is 16.9. The SMILES string of the molecule is CN1C=CN(Cc2ccc(-c3ccc(C[C@@H](C#N)NC(=O)C4(NC(=O)OC(C)(C)C)CCOCC4)c(F)c3)cc2)C=C1. The number of carbonyl (C=O) groups is 2. The van der Waals surface area contributed by atoms with Gasteiger partial charge < -0.3 is 29.9 Å². The van der Waals surface area contributed by atoms with E-state index < -0.39 is 35.0 Å². The lowest BCUT2D eigenvalue weighted by molar-refractivity contribution is -0.132. The molecule has 2 aromatic rings. The average molecular weight is 576 g/mol. The number of ether oxygens (including phenoxy) is 2. The van der Waals surface area contributed by atoms with E-state index in [4.69, 9.17) is 9.47 Å². The maximum Gasteiger partial charge on any atom is 0.408 e. The van der Waals surface area contributed by atoms with Gasteiger partial charge in [-0.25, -0.2) is 9.18 Å². The van der Waals surface area contributed by atoms with Gasteiger partial charge in [-0.2, -0.15) is 5.26 Å². The van der Waals surface area contributed by atoms with Gasteiger partial charge in [-0.15, -0.1) is 0 Å². The van der Waals surface area contributed by atoms with Gasteiger partial charge in [-0.05, 0) is 49.1 Å². The Morgan fingerprint density at radius 1 is 1.07 bits per heavy atom. The first-order valence-electron chi connectivity index (χ1n) is 14.0. The molecule has 1 atom stereocenters. The minimum absolute atomic E-state index is 0.0294. The van der Waals surface area contributed by atoms with Crippen molar-refractivity contribution in [3.05, 3.63) is 84.2 Å². The number of nitrogens with zero attached hydrogens (tertiary/aromatic N) is 3. The summed E-state index contributed by atoms with van der Waals surface area (Å²) < 4.78 is 26.0. The predicted octanol–water partition coefficient (Wildman–Crippen LogP) is 4.81. The van der Waals surface area contributed by atoms with Crippen LogP contribution in [-0.4, -0.2) is 59.2 Å². The minimum atomic E-state index is -1.29. The second-order valence-electron chi connectivity index (χ2n) is 11.6. The molecule has 1 fully saturated rings. The molecule has 0 spiro atoms. The molecular formula is C32H38FN5O4. The smallest absolute Gasteiger partial charge is 0.408 e. The zero-order valence-corrected chi connectivity index (χ0v) is 24.5. The second-order valence-corrected chi connectivity index (χ2v) is 11.6. The zero-order valence-electron chi connectivity index (χ0n) is 24.5. The van der Waals surface area contributed by atoms with E-state index in [1.165, 1.54) is 6.07 Å². The number of rotatable bonds is 8. The molecule has 2 aliphatic heterocycles. The van der Waals surface area contributed by atoms with Gasteiger partial charge in [0.2, 0.25) is 5.91 Å². The van der Waals surface area contributed by atoms with Gasteiger partial charge in [0.25, 0.3) is 0 Å². The fourth-order valence-corrected chi connectivity index (χ4v) is 4.77. The molecule has 0 aromatic heterocycles. The van der Waals surface area contributed by atoms with Crippen molar-refractivity contribution in [3.8, 4) is 17.2 Å². The van der Waals surface area contributed by atoms with Crippen molar-refractivity contribution in [2.24, 2.45) is 0 Å². The molecule has 0 bridgehead atoms. The van der Waals surface area contributed by atoms with Crippen LogP contribution in [0, 0.1) is 17.1 Å². The summed E-state index contributed by atoms with van der Waals surface area (Å²) in [5.74, 6) is -0.991. The Balaban J connectivity index is 1.40. The number of carbonyl (C=O) groups excluding carboxylic acids is 2. The number of hydrogen-bond acceptors (Lipinski definition) is 7. The van der Waals surface area contributed by atoms with Crippen LogP contribution >= 0.6 is 0 Å². The largest absolute Gasteiger partial charge is 0.444 e. The van der Waals surface area contributed by atoms with Crippen LogP contribution in [0.1, 0.15) is 44.7 Å². The first-order chi connectivity index (χ1) is 20.0. The zero-order chi connectivity index (χ0) is 30.3. The molecular weight excluding hydrogens is 537 g/mol. The van der Waals surface area contributed by atoms with Crippen LogP contribution in [0.25, 0.3) is 11.1 Å². The molecule has 42 heavy (non-hydrogen) atoms.